The lowest BCUT2D eigenvalue weighted by Gasteiger charge is -2.58. The van der Waals surface area contributed by atoms with Crippen LogP contribution in [0.5, 0.6) is 0 Å². The van der Waals surface area contributed by atoms with Crippen LogP contribution in [0.4, 0.5) is 0 Å². The summed E-state index contributed by atoms with van der Waals surface area (Å²) in [5.74, 6) is -0.00282. The fraction of sp³-hybridized carbons (Fsp3) is 0.947. The van der Waals surface area contributed by atoms with Crippen LogP contribution in [-0.4, -0.2) is 30.2 Å². The highest BCUT2D eigenvalue weighted by atomic mass is 16.5. The molecule has 23 heavy (non-hydrogen) atoms. The topological polar surface area (TPSA) is 64.3 Å². The first-order valence-electron chi connectivity index (χ1n) is 9.04. The summed E-state index contributed by atoms with van der Waals surface area (Å²) in [6.07, 6.45) is 3.92. The SMILES string of the molecule is CCOC1CC(N)(C(=O)NC2CC(C)(C)CC(C)(C)C2)C1(C)C. The average molecular weight is 325 g/mol. The van der Waals surface area contributed by atoms with E-state index in [0.29, 0.717) is 13.0 Å². The molecule has 2 unspecified atom stereocenters. The molecule has 0 radical (unpaired) electrons. The zero-order chi connectivity index (χ0) is 17.7. The highest BCUT2D eigenvalue weighted by Crippen LogP contribution is 2.50. The Balaban J connectivity index is 2.05. The molecule has 0 aromatic heterocycles. The standard InChI is InChI=1S/C19H36N2O2/c1-8-23-14-11-19(20,18(14,6)7)15(22)21-13-9-16(2,3)12-17(4,5)10-13/h13-14H,8-12,20H2,1-7H3,(H,21,22). The van der Waals surface area contributed by atoms with E-state index in [2.05, 4.69) is 33.0 Å². The molecule has 0 aliphatic heterocycles. The molecule has 4 nitrogen and oxygen atoms in total. The molecule has 0 heterocycles. The van der Waals surface area contributed by atoms with Gasteiger partial charge in [0, 0.05) is 24.5 Å². The van der Waals surface area contributed by atoms with E-state index >= 15 is 0 Å². The number of rotatable bonds is 4. The van der Waals surface area contributed by atoms with Crippen molar-refractivity contribution in [2.45, 2.75) is 91.8 Å². The van der Waals surface area contributed by atoms with Gasteiger partial charge in [0.15, 0.2) is 0 Å². The summed E-state index contributed by atoms with van der Waals surface area (Å²) >= 11 is 0. The third-order valence-corrected chi connectivity index (χ3v) is 6.13. The van der Waals surface area contributed by atoms with Gasteiger partial charge in [0.2, 0.25) is 5.91 Å². The summed E-state index contributed by atoms with van der Waals surface area (Å²) in [6, 6.07) is 0.212. The number of hydrogen-bond donors (Lipinski definition) is 2. The maximum absolute atomic E-state index is 12.9. The van der Waals surface area contributed by atoms with Crippen LogP contribution in [0.1, 0.15) is 74.1 Å². The van der Waals surface area contributed by atoms with E-state index in [1.54, 1.807) is 0 Å². The molecule has 0 aromatic rings. The monoisotopic (exact) mass is 324 g/mol. The van der Waals surface area contributed by atoms with Crippen LogP contribution in [0.15, 0.2) is 0 Å². The minimum absolute atomic E-state index is 0.00282. The Kier molecular flexibility index (Phi) is 4.67. The zero-order valence-electron chi connectivity index (χ0n) is 16.1. The van der Waals surface area contributed by atoms with Crippen molar-refractivity contribution in [2.75, 3.05) is 6.61 Å². The second kappa shape index (κ2) is 5.73. The van der Waals surface area contributed by atoms with Gasteiger partial charge in [-0.3, -0.25) is 4.79 Å². The molecule has 2 aliphatic carbocycles. The number of ether oxygens (including phenoxy) is 1. The van der Waals surface area contributed by atoms with E-state index < -0.39 is 5.54 Å². The maximum atomic E-state index is 12.9. The summed E-state index contributed by atoms with van der Waals surface area (Å²) in [5.41, 5.74) is 5.87. The minimum atomic E-state index is -0.821. The Labute approximate surface area is 141 Å². The molecule has 3 N–H and O–H groups in total. The summed E-state index contributed by atoms with van der Waals surface area (Å²) < 4.78 is 5.73. The Bertz CT molecular complexity index is 454. The van der Waals surface area contributed by atoms with Crippen LogP contribution >= 0.6 is 0 Å². The number of carbonyl (C=O) groups excluding carboxylic acids is 1. The Morgan fingerprint density at radius 3 is 2.04 bits per heavy atom. The quantitative estimate of drug-likeness (QED) is 0.834. The first-order chi connectivity index (χ1) is 10.3. The molecule has 1 amide bonds. The minimum Gasteiger partial charge on any atom is -0.378 e. The number of carbonyl (C=O) groups is 1. The van der Waals surface area contributed by atoms with Gasteiger partial charge in [-0.1, -0.05) is 41.5 Å². The van der Waals surface area contributed by atoms with Gasteiger partial charge < -0.3 is 15.8 Å². The molecule has 2 rings (SSSR count). The molecule has 0 bridgehead atoms. The Morgan fingerprint density at radius 1 is 1.09 bits per heavy atom. The predicted molar refractivity (Wildman–Crippen MR) is 94.1 cm³/mol. The van der Waals surface area contributed by atoms with Gasteiger partial charge in [-0.25, -0.2) is 0 Å². The molecule has 0 spiro atoms. The molecule has 2 aliphatic rings. The van der Waals surface area contributed by atoms with Crippen molar-refractivity contribution in [3.05, 3.63) is 0 Å². The zero-order valence-corrected chi connectivity index (χ0v) is 16.1. The molecular formula is C19H36N2O2. The largest absolute Gasteiger partial charge is 0.378 e. The van der Waals surface area contributed by atoms with Crippen LogP contribution < -0.4 is 11.1 Å². The van der Waals surface area contributed by atoms with Crippen LogP contribution in [0.2, 0.25) is 0 Å². The van der Waals surface area contributed by atoms with E-state index in [9.17, 15) is 4.79 Å². The van der Waals surface area contributed by atoms with Crippen molar-refractivity contribution >= 4 is 5.91 Å². The van der Waals surface area contributed by atoms with Gasteiger partial charge in [0.25, 0.3) is 0 Å². The van der Waals surface area contributed by atoms with E-state index in [1.165, 1.54) is 6.42 Å². The summed E-state index contributed by atoms with van der Waals surface area (Å²) in [5, 5.41) is 3.27. The van der Waals surface area contributed by atoms with Crippen molar-refractivity contribution in [1.29, 1.82) is 0 Å². The van der Waals surface area contributed by atoms with Crippen LogP contribution in [0.25, 0.3) is 0 Å². The molecule has 2 saturated carbocycles. The molecule has 4 heteroatoms. The molecular weight excluding hydrogens is 288 g/mol. The average Bonchev–Trinajstić information content (AvgIpc) is 2.34. The second-order valence-electron chi connectivity index (χ2n) is 9.92. The third-order valence-electron chi connectivity index (χ3n) is 6.13. The van der Waals surface area contributed by atoms with Crippen molar-refractivity contribution in [2.24, 2.45) is 22.0 Å². The maximum Gasteiger partial charge on any atom is 0.241 e. The molecule has 2 atom stereocenters. The number of nitrogens with two attached hydrogens (primary N) is 1. The van der Waals surface area contributed by atoms with Crippen molar-refractivity contribution < 1.29 is 9.53 Å². The molecule has 134 valence electrons. The lowest BCUT2D eigenvalue weighted by molar-refractivity contribution is -0.171. The number of amides is 1. The molecule has 0 saturated heterocycles. The number of nitrogens with one attached hydrogen (secondary N) is 1. The lowest BCUT2D eigenvalue weighted by Crippen LogP contribution is -2.76. The van der Waals surface area contributed by atoms with Crippen LogP contribution in [0, 0.1) is 16.2 Å². The first kappa shape index (κ1) is 18.7. The lowest BCUT2D eigenvalue weighted by atomic mass is 9.54. The number of hydrogen-bond acceptors (Lipinski definition) is 3. The van der Waals surface area contributed by atoms with E-state index in [1.807, 2.05) is 20.8 Å². The molecule has 2 fully saturated rings. The van der Waals surface area contributed by atoms with Crippen molar-refractivity contribution in [1.82, 2.24) is 5.32 Å². The molecule has 0 aromatic carbocycles. The summed E-state index contributed by atoms with van der Waals surface area (Å²) in [7, 11) is 0. The Hall–Kier alpha value is -0.610. The van der Waals surface area contributed by atoms with Gasteiger partial charge in [-0.15, -0.1) is 0 Å². The van der Waals surface area contributed by atoms with Gasteiger partial charge >= 0.3 is 0 Å². The fourth-order valence-corrected chi connectivity index (χ4v) is 5.08. The Morgan fingerprint density at radius 2 is 1.61 bits per heavy atom. The van der Waals surface area contributed by atoms with E-state index in [4.69, 9.17) is 10.5 Å². The van der Waals surface area contributed by atoms with Crippen LogP contribution in [0.3, 0.4) is 0 Å². The van der Waals surface area contributed by atoms with E-state index in [0.717, 1.165) is 12.8 Å². The summed E-state index contributed by atoms with van der Waals surface area (Å²) in [4.78, 5) is 12.9. The van der Waals surface area contributed by atoms with Gasteiger partial charge in [0.1, 0.15) is 5.54 Å². The van der Waals surface area contributed by atoms with Crippen molar-refractivity contribution in [3.63, 3.8) is 0 Å². The smallest absolute Gasteiger partial charge is 0.241 e. The highest BCUT2D eigenvalue weighted by Gasteiger charge is 2.63. The van der Waals surface area contributed by atoms with Gasteiger partial charge in [0.05, 0.1) is 6.10 Å². The van der Waals surface area contributed by atoms with Gasteiger partial charge in [-0.05, 0) is 37.0 Å². The second-order valence-corrected chi connectivity index (χ2v) is 9.92. The van der Waals surface area contributed by atoms with Crippen molar-refractivity contribution in [3.8, 4) is 0 Å². The fourth-order valence-electron chi connectivity index (χ4n) is 5.08. The predicted octanol–water partition coefficient (Wildman–Crippen LogP) is 3.24. The van der Waals surface area contributed by atoms with E-state index in [-0.39, 0.29) is 34.3 Å². The van der Waals surface area contributed by atoms with Crippen LogP contribution in [-0.2, 0) is 9.53 Å². The summed E-state index contributed by atoms with van der Waals surface area (Å²) in [6.45, 7) is 15.9. The third kappa shape index (κ3) is 3.43. The highest BCUT2D eigenvalue weighted by molar-refractivity contribution is 5.89. The van der Waals surface area contributed by atoms with Gasteiger partial charge in [-0.2, -0.15) is 0 Å². The first-order valence-corrected chi connectivity index (χ1v) is 9.04. The normalized spacial score (nSPS) is 35.4.